The number of hydrogen-bond acceptors (Lipinski definition) is 10. The first-order valence-corrected chi connectivity index (χ1v) is 17.8. The molecule has 2 aromatic heterocycles. The summed E-state index contributed by atoms with van der Waals surface area (Å²) in [6.45, 7) is 8.38. The number of nitrogens with zero attached hydrogens (tertiary/aromatic N) is 6. The Kier molecular flexibility index (Phi) is 8.87. The van der Waals surface area contributed by atoms with Gasteiger partial charge < -0.3 is 23.9 Å². The Morgan fingerprint density at radius 1 is 0.885 bits per heavy atom. The molecule has 12 nitrogen and oxygen atoms in total. The minimum atomic E-state index is -0.773. The van der Waals surface area contributed by atoms with Crippen LogP contribution in [0.25, 0.3) is 45.1 Å². The smallest absolute Gasteiger partial charge is 0.307 e. The number of carboxylic acid groups (broad SMARTS) is 1. The van der Waals surface area contributed by atoms with Gasteiger partial charge in [-0.15, -0.1) is 0 Å². The van der Waals surface area contributed by atoms with Crippen LogP contribution in [-0.2, 0) is 29.2 Å². The van der Waals surface area contributed by atoms with Gasteiger partial charge in [-0.05, 0) is 91.7 Å². The molecule has 1 amide bonds. The Balaban J connectivity index is 1.02. The normalized spacial score (nSPS) is 18.3. The molecule has 3 aromatic carbocycles. The number of fused-ring (bicyclic) bond motifs is 2. The van der Waals surface area contributed by atoms with E-state index in [4.69, 9.17) is 18.8 Å². The van der Waals surface area contributed by atoms with Crippen LogP contribution in [0.3, 0.4) is 0 Å². The lowest BCUT2D eigenvalue weighted by Crippen LogP contribution is -2.42. The number of piperidine rings is 1. The number of aliphatic hydroxyl groups is 1. The predicted molar refractivity (Wildman–Crippen MR) is 192 cm³/mol. The molecule has 0 saturated carbocycles. The van der Waals surface area contributed by atoms with E-state index in [0.29, 0.717) is 92.7 Å². The van der Waals surface area contributed by atoms with Crippen LogP contribution >= 0.6 is 0 Å². The third-order valence-corrected chi connectivity index (χ3v) is 10.8. The second kappa shape index (κ2) is 13.7. The summed E-state index contributed by atoms with van der Waals surface area (Å²) in [6.07, 6.45) is 1.73. The van der Waals surface area contributed by atoms with Gasteiger partial charge in [0.05, 0.1) is 37.2 Å². The molecule has 12 heteroatoms. The zero-order valence-corrected chi connectivity index (χ0v) is 29.3. The minimum absolute atomic E-state index is 0.0423. The van der Waals surface area contributed by atoms with Crippen LogP contribution in [0.4, 0.5) is 0 Å². The van der Waals surface area contributed by atoms with E-state index in [0.717, 1.165) is 57.7 Å². The topological polar surface area (TPSA) is 160 Å². The third-order valence-electron chi connectivity index (χ3n) is 10.8. The van der Waals surface area contributed by atoms with Gasteiger partial charge in [-0.1, -0.05) is 24.3 Å². The van der Waals surface area contributed by atoms with Gasteiger partial charge >= 0.3 is 5.97 Å². The number of aliphatic carboxylic acids is 1. The van der Waals surface area contributed by atoms with E-state index in [9.17, 15) is 25.1 Å². The van der Waals surface area contributed by atoms with Crippen molar-refractivity contribution in [3.63, 3.8) is 0 Å². The third kappa shape index (κ3) is 6.36. The number of amides is 1. The van der Waals surface area contributed by atoms with E-state index < -0.39 is 5.97 Å². The maximum atomic E-state index is 13.0. The van der Waals surface area contributed by atoms with Gasteiger partial charge in [-0.3, -0.25) is 19.4 Å². The Labute approximate surface area is 300 Å². The number of nitriles is 1. The molecule has 0 unspecified atom stereocenters. The number of carbonyl (C=O) groups excluding carboxylic acids is 1. The van der Waals surface area contributed by atoms with Gasteiger partial charge in [0.25, 0.3) is 0 Å². The molecule has 0 radical (unpaired) electrons. The summed E-state index contributed by atoms with van der Waals surface area (Å²) in [5.41, 5.74) is 8.76. The quantitative estimate of drug-likeness (QED) is 0.210. The summed E-state index contributed by atoms with van der Waals surface area (Å²) in [4.78, 5) is 40.1. The number of hydrogen-bond donors (Lipinski definition) is 2. The van der Waals surface area contributed by atoms with Crippen molar-refractivity contribution >= 4 is 23.0 Å². The van der Waals surface area contributed by atoms with Crippen LogP contribution in [0.1, 0.15) is 53.0 Å². The number of benzene rings is 3. The van der Waals surface area contributed by atoms with Gasteiger partial charge in [0.1, 0.15) is 23.0 Å². The number of carboxylic acids is 1. The van der Waals surface area contributed by atoms with Crippen LogP contribution in [0.5, 0.6) is 0 Å². The van der Waals surface area contributed by atoms with E-state index in [1.165, 1.54) is 0 Å². The fourth-order valence-corrected chi connectivity index (χ4v) is 7.84. The summed E-state index contributed by atoms with van der Waals surface area (Å²) in [6, 6.07) is 18.0. The molecule has 8 rings (SSSR count). The number of aliphatic hydroxyl groups excluding tert-OH is 1. The highest BCUT2D eigenvalue weighted by Gasteiger charge is 2.32. The zero-order valence-electron chi connectivity index (χ0n) is 29.3. The summed E-state index contributed by atoms with van der Waals surface area (Å²) >= 11 is 0. The SMILES string of the molecule is Cc1c(-c2nc3c(o2)CN(C(=O)CN2CCC(O)CC2)C3)cccc1-c1cccc(-c2nc3cc(CN4CC[C@@H](C(=O)O)C4)cc(C#N)c3o2)c1C. The molecule has 3 aliphatic rings. The van der Waals surface area contributed by atoms with Gasteiger partial charge in [-0.2, -0.15) is 5.26 Å². The minimum Gasteiger partial charge on any atom is -0.481 e. The van der Waals surface area contributed by atoms with Crippen LogP contribution in [-0.4, -0.2) is 85.6 Å². The lowest BCUT2D eigenvalue weighted by Gasteiger charge is -2.30. The van der Waals surface area contributed by atoms with Crippen LogP contribution in [0, 0.1) is 31.1 Å². The maximum absolute atomic E-state index is 13.0. The van der Waals surface area contributed by atoms with E-state index in [2.05, 4.69) is 34.9 Å². The average Bonchev–Trinajstić information content (AvgIpc) is 3.93. The molecule has 0 bridgehead atoms. The lowest BCUT2D eigenvalue weighted by atomic mass is 9.91. The maximum Gasteiger partial charge on any atom is 0.307 e. The van der Waals surface area contributed by atoms with Crippen molar-refractivity contribution in [3.05, 3.63) is 82.2 Å². The van der Waals surface area contributed by atoms with Gasteiger partial charge in [0.15, 0.2) is 5.58 Å². The molecule has 5 heterocycles. The largest absolute Gasteiger partial charge is 0.481 e. The van der Waals surface area contributed by atoms with E-state index >= 15 is 0 Å². The Morgan fingerprint density at radius 3 is 2.17 bits per heavy atom. The summed E-state index contributed by atoms with van der Waals surface area (Å²) < 4.78 is 12.5. The van der Waals surface area contributed by atoms with Crippen molar-refractivity contribution in [2.45, 2.75) is 58.8 Å². The van der Waals surface area contributed by atoms with E-state index in [1.807, 2.05) is 37.3 Å². The first-order chi connectivity index (χ1) is 25.1. The molecule has 2 saturated heterocycles. The zero-order chi connectivity index (χ0) is 36.1. The highest BCUT2D eigenvalue weighted by Crippen LogP contribution is 2.39. The number of carbonyl (C=O) groups is 2. The van der Waals surface area contributed by atoms with Crippen molar-refractivity contribution < 1.29 is 28.6 Å². The van der Waals surface area contributed by atoms with Gasteiger partial charge in [-0.25, -0.2) is 9.97 Å². The molecular formula is C40H40N6O6. The Morgan fingerprint density at radius 2 is 1.54 bits per heavy atom. The lowest BCUT2D eigenvalue weighted by molar-refractivity contribution is -0.141. The van der Waals surface area contributed by atoms with Crippen molar-refractivity contribution in [1.29, 1.82) is 5.26 Å². The second-order valence-corrected chi connectivity index (χ2v) is 14.3. The fraction of sp³-hybridized carbons (Fsp3) is 0.375. The highest BCUT2D eigenvalue weighted by molar-refractivity contribution is 5.85. The molecule has 2 fully saturated rings. The van der Waals surface area contributed by atoms with Crippen LogP contribution in [0.15, 0.2) is 57.4 Å². The molecule has 2 N–H and O–H groups in total. The number of oxazole rings is 2. The summed E-state index contributed by atoms with van der Waals surface area (Å²) in [5.74, 6) is 0.558. The first kappa shape index (κ1) is 33.8. The molecule has 266 valence electrons. The molecule has 3 aliphatic heterocycles. The van der Waals surface area contributed by atoms with Crippen LogP contribution in [0.2, 0.25) is 0 Å². The Hall–Kier alpha value is -5.35. The van der Waals surface area contributed by atoms with Crippen molar-refractivity contribution in [2.24, 2.45) is 5.92 Å². The summed E-state index contributed by atoms with van der Waals surface area (Å²) in [7, 11) is 0. The summed E-state index contributed by atoms with van der Waals surface area (Å²) in [5, 5.41) is 29.2. The standard InChI is InChI=1S/C40H40N6O6/c1-23-29(5-3-7-31(23)38-43-34-20-46(21-35(34)51-38)36(48)22-44-13-10-28(47)11-14-44)30-6-4-8-32(24(30)2)39-42-33-16-25(15-27(17-41)37(33)52-39)18-45-12-9-26(19-45)40(49)50/h3-8,15-16,26,28,47H,9-14,18-22H2,1-2H3,(H,49,50)/t26-/m1/s1. The second-order valence-electron chi connectivity index (χ2n) is 14.3. The molecule has 52 heavy (non-hydrogen) atoms. The molecular weight excluding hydrogens is 660 g/mol. The highest BCUT2D eigenvalue weighted by atomic mass is 16.4. The van der Waals surface area contributed by atoms with E-state index in [1.54, 1.807) is 11.0 Å². The molecule has 1 atom stereocenters. The number of aromatic nitrogens is 2. The van der Waals surface area contributed by atoms with E-state index in [-0.39, 0.29) is 17.9 Å². The van der Waals surface area contributed by atoms with Crippen molar-refractivity contribution in [1.82, 2.24) is 24.7 Å². The van der Waals surface area contributed by atoms with Crippen LogP contribution < -0.4 is 0 Å². The molecule has 5 aromatic rings. The monoisotopic (exact) mass is 700 g/mol. The predicted octanol–water partition coefficient (Wildman–Crippen LogP) is 5.51. The molecule has 0 aliphatic carbocycles. The van der Waals surface area contributed by atoms with Crippen molar-refractivity contribution in [3.8, 4) is 40.1 Å². The van der Waals surface area contributed by atoms with Gasteiger partial charge in [0.2, 0.25) is 17.7 Å². The van der Waals surface area contributed by atoms with Gasteiger partial charge in [0, 0.05) is 37.3 Å². The number of rotatable bonds is 8. The number of likely N-dealkylation sites (tertiary alicyclic amines) is 2. The van der Waals surface area contributed by atoms with Crippen molar-refractivity contribution in [2.75, 3.05) is 32.7 Å². The fourth-order valence-electron chi connectivity index (χ4n) is 7.84. The average molecular weight is 701 g/mol. The molecule has 0 spiro atoms. The Bertz CT molecular complexity index is 2220. The first-order valence-electron chi connectivity index (χ1n) is 17.8.